The Morgan fingerprint density at radius 2 is 1.20 bits per heavy atom. The highest BCUT2D eigenvalue weighted by atomic mass is 16.1. The third-order valence-electron chi connectivity index (χ3n) is 4.93. The van der Waals surface area contributed by atoms with Gasteiger partial charge in [0, 0.05) is 72.0 Å². The molecule has 3 rings (SSSR count). The number of allylic oxidation sites excluding steroid dienone is 8. The first-order valence-electron chi connectivity index (χ1n) is 10.4. The number of ketones is 2. The fraction of sp³-hybridized carbons (Fsp3) is 0.333. The fourth-order valence-corrected chi connectivity index (χ4v) is 3.37. The summed E-state index contributed by atoms with van der Waals surface area (Å²) in [5, 5.41) is 6.37. The van der Waals surface area contributed by atoms with Crippen molar-refractivity contribution in [2.24, 2.45) is 9.98 Å². The van der Waals surface area contributed by atoms with Gasteiger partial charge in [-0.1, -0.05) is 38.2 Å². The molecule has 0 atom stereocenters. The minimum Gasteiger partial charge on any atom is -0.313 e. The number of hydrogen-bond donors (Lipinski definition) is 2. The Kier molecular flexibility index (Phi) is 7.76. The minimum atomic E-state index is -0.113. The van der Waals surface area contributed by atoms with Crippen molar-refractivity contribution in [2.75, 3.05) is 26.2 Å². The number of likely N-dealkylation sites (N-methyl/N-ethyl adjacent to an activating group) is 2. The van der Waals surface area contributed by atoms with Gasteiger partial charge in [-0.05, 0) is 25.2 Å². The summed E-state index contributed by atoms with van der Waals surface area (Å²) in [5.41, 5.74) is 3.39. The predicted octanol–water partition coefficient (Wildman–Crippen LogP) is 2.78. The molecule has 6 nitrogen and oxygen atoms in total. The zero-order valence-corrected chi connectivity index (χ0v) is 17.6. The lowest BCUT2D eigenvalue weighted by atomic mass is 9.75. The van der Waals surface area contributed by atoms with E-state index in [4.69, 9.17) is 0 Å². The van der Waals surface area contributed by atoms with Crippen LogP contribution in [0.2, 0.25) is 0 Å². The monoisotopic (exact) mass is 404 g/mol. The quantitative estimate of drug-likeness (QED) is 0.610. The van der Waals surface area contributed by atoms with Gasteiger partial charge < -0.3 is 10.6 Å². The van der Waals surface area contributed by atoms with Crippen molar-refractivity contribution in [1.82, 2.24) is 10.6 Å². The first-order chi connectivity index (χ1) is 14.7. The standard InChI is InChI=1S/C24H28N4O2/c1-3-25-11-5-13-27-17-7-9-19-21(15-17)23(29)20-10-8-18(16-22(20)24(19)30)28-14-6-12-26-4-2/h5-6,9-10,13-16,25-26H,3-4,7-8,11-12H2,1-2H3. The van der Waals surface area contributed by atoms with Crippen LogP contribution in [-0.4, -0.2) is 49.2 Å². The topological polar surface area (TPSA) is 82.9 Å². The van der Waals surface area contributed by atoms with Gasteiger partial charge in [0.05, 0.1) is 0 Å². The Morgan fingerprint density at radius 3 is 1.60 bits per heavy atom. The summed E-state index contributed by atoms with van der Waals surface area (Å²) < 4.78 is 0. The zero-order chi connectivity index (χ0) is 21.3. The highest BCUT2D eigenvalue weighted by molar-refractivity contribution is 6.37. The van der Waals surface area contributed by atoms with E-state index in [-0.39, 0.29) is 11.6 Å². The zero-order valence-electron chi connectivity index (χ0n) is 17.6. The SMILES string of the molecule is CCNCC=CN=C1C=C2C(=O)C3=CCC(=NC=CCNCC)C=C3C(=O)C2=CC1. The maximum absolute atomic E-state index is 13.0. The number of carbonyl (C=O) groups excluding carboxylic acids is 2. The van der Waals surface area contributed by atoms with E-state index in [2.05, 4.69) is 20.6 Å². The molecule has 1 fully saturated rings. The van der Waals surface area contributed by atoms with E-state index in [1.54, 1.807) is 24.6 Å². The molecule has 3 aliphatic rings. The number of carbonyl (C=O) groups is 2. The van der Waals surface area contributed by atoms with Crippen LogP contribution >= 0.6 is 0 Å². The van der Waals surface area contributed by atoms with Crippen LogP contribution in [0, 0.1) is 0 Å². The van der Waals surface area contributed by atoms with Crippen LogP contribution in [0.3, 0.4) is 0 Å². The molecule has 6 heteroatoms. The third-order valence-corrected chi connectivity index (χ3v) is 4.93. The van der Waals surface area contributed by atoms with E-state index < -0.39 is 0 Å². The first kappa shape index (κ1) is 21.7. The molecule has 0 aliphatic heterocycles. The maximum atomic E-state index is 13.0. The molecule has 0 saturated heterocycles. The van der Waals surface area contributed by atoms with Crippen LogP contribution in [0.1, 0.15) is 26.7 Å². The number of nitrogens with zero attached hydrogens (tertiary/aromatic N) is 2. The molecule has 0 bridgehead atoms. The van der Waals surface area contributed by atoms with Crippen LogP contribution in [-0.2, 0) is 9.59 Å². The van der Waals surface area contributed by atoms with E-state index in [0.29, 0.717) is 35.1 Å². The van der Waals surface area contributed by atoms with Gasteiger partial charge in [-0.3, -0.25) is 19.6 Å². The molecule has 0 unspecified atom stereocenters. The largest absolute Gasteiger partial charge is 0.313 e. The van der Waals surface area contributed by atoms with Crippen molar-refractivity contribution < 1.29 is 9.59 Å². The van der Waals surface area contributed by atoms with Crippen molar-refractivity contribution >= 4 is 23.0 Å². The fourth-order valence-electron chi connectivity index (χ4n) is 3.37. The van der Waals surface area contributed by atoms with Gasteiger partial charge >= 0.3 is 0 Å². The number of aliphatic imine (C=N–C) groups is 2. The van der Waals surface area contributed by atoms with Crippen LogP contribution in [0.5, 0.6) is 0 Å². The van der Waals surface area contributed by atoms with Crippen LogP contribution < -0.4 is 10.6 Å². The summed E-state index contributed by atoms with van der Waals surface area (Å²) >= 11 is 0. The summed E-state index contributed by atoms with van der Waals surface area (Å²) in [5.74, 6) is -0.226. The summed E-state index contributed by atoms with van der Waals surface area (Å²) in [6.07, 6.45) is 15.5. The Hall–Kier alpha value is -2.96. The van der Waals surface area contributed by atoms with Crippen molar-refractivity contribution in [3.63, 3.8) is 0 Å². The molecule has 0 radical (unpaired) electrons. The molecule has 0 spiro atoms. The molecule has 0 aromatic rings. The Bertz CT molecular complexity index is 878. The first-order valence-corrected chi connectivity index (χ1v) is 10.4. The number of rotatable bonds is 8. The molecule has 2 N–H and O–H groups in total. The average Bonchev–Trinajstić information content (AvgIpc) is 2.77. The molecule has 156 valence electrons. The molecular formula is C24H28N4O2. The maximum Gasteiger partial charge on any atom is 0.194 e. The van der Waals surface area contributed by atoms with Crippen LogP contribution in [0.25, 0.3) is 0 Å². The second-order valence-corrected chi connectivity index (χ2v) is 7.04. The van der Waals surface area contributed by atoms with E-state index in [9.17, 15) is 9.59 Å². The molecule has 0 amide bonds. The Balaban J connectivity index is 1.78. The number of fused-ring (bicyclic) bond motifs is 2. The molecule has 30 heavy (non-hydrogen) atoms. The predicted molar refractivity (Wildman–Crippen MR) is 122 cm³/mol. The van der Waals surface area contributed by atoms with Crippen molar-refractivity contribution in [3.05, 3.63) is 71.1 Å². The molecular weight excluding hydrogens is 376 g/mol. The number of hydrogen-bond acceptors (Lipinski definition) is 6. The Labute approximate surface area is 177 Å². The van der Waals surface area contributed by atoms with Crippen LogP contribution in [0.4, 0.5) is 0 Å². The normalized spacial score (nSPS) is 21.7. The smallest absolute Gasteiger partial charge is 0.194 e. The van der Waals surface area contributed by atoms with E-state index >= 15 is 0 Å². The van der Waals surface area contributed by atoms with Crippen molar-refractivity contribution in [1.29, 1.82) is 0 Å². The minimum absolute atomic E-state index is 0.113. The molecule has 3 aliphatic carbocycles. The lowest BCUT2D eigenvalue weighted by molar-refractivity contribution is -0.117. The molecule has 0 heterocycles. The molecule has 1 saturated carbocycles. The van der Waals surface area contributed by atoms with Gasteiger partial charge in [-0.25, -0.2) is 0 Å². The molecule has 0 aromatic carbocycles. The van der Waals surface area contributed by atoms with E-state index in [1.807, 2.05) is 38.2 Å². The van der Waals surface area contributed by atoms with Crippen molar-refractivity contribution in [3.8, 4) is 0 Å². The van der Waals surface area contributed by atoms with Gasteiger partial charge in [0.2, 0.25) is 0 Å². The third kappa shape index (κ3) is 5.14. The Morgan fingerprint density at radius 1 is 0.767 bits per heavy atom. The highest BCUT2D eigenvalue weighted by Crippen LogP contribution is 2.35. The second kappa shape index (κ2) is 10.7. The summed E-state index contributed by atoms with van der Waals surface area (Å²) in [7, 11) is 0. The highest BCUT2D eigenvalue weighted by Gasteiger charge is 2.37. The lowest BCUT2D eigenvalue weighted by Gasteiger charge is -2.26. The summed E-state index contributed by atoms with van der Waals surface area (Å²) in [4.78, 5) is 34.9. The van der Waals surface area contributed by atoms with Gasteiger partial charge in [-0.15, -0.1) is 0 Å². The lowest BCUT2D eigenvalue weighted by Crippen LogP contribution is -2.29. The van der Waals surface area contributed by atoms with E-state index in [1.165, 1.54) is 0 Å². The van der Waals surface area contributed by atoms with Gasteiger partial charge in [0.15, 0.2) is 11.6 Å². The summed E-state index contributed by atoms with van der Waals surface area (Å²) in [6.45, 7) is 7.38. The van der Waals surface area contributed by atoms with Gasteiger partial charge in [0.25, 0.3) is 0 Å². The van der Waals surface area contributed by atoms with E-state index in [0.717, 1.165) is 37.6 Å². The number of Topliss-reactive ketones (excluding diaryl/α,β-unsaturated/α-hetero) is 2. The van der Waals surface area contributed by atoms with Crippen LogP contribution in [0.15, 0.2) is 81.1 Å². The van der Waals surface area contributed by atoms with Gasteiger partial charge in [-0.2, -0.15) is 0 Å². The number of nitrogens with one attached hydrogen (secondary N) is 2. The van der Waals surface area contributed by atoms with Gasteiger partial charge in [0.1, 0.15) is 0 Å². The second-order valence-electron chi connectivity index (χ2n) is 7.04. The van der Waals surface area contributed by atoms with Crippen molar-refractivity contribution in [2.45, 2.75) is 26.7 Å². The molecule has 0 aromatic heterocycles. The average molecular weight is 405 g/mol. The summed E-state index contributed by atoms with van der Waals surface area (Å²) in [6, 6.07) is 0.